The lowest BCUT2D eigenvalue weighted by Crippen LogP contribution is -2.60. The second-order valence-electron chi connectivity index (χ2n) is 13.3. The van der Waals surface area contributed by atoms with Gasteiger partial charge in [-0.25, -0.2) is 9.78 Å². The van der Waals surface area contributed by atoms with Crippen molar-refractivity contribution in [2.24, 2.45) is 0 Å². The van der Waals surface area contributed by atoms with Gasteiger partial charge in [0, 0.05) is 32.0 Å². The number of aromatic amines is 1. The number of carbonyl (C=O) groups is 7. The molecule has 19 heteroatoms. The molecule has 2 fully saturated rings. The van der Waals surface area contributed by atoms with Crippen molar-refractivity contribution in [2.45, 2.75) is 94.0 Å². The zero-order valence-corrected chi connectivity index (χ0v) is 30.7. The van der Waals surface area contributed by atoms with Crippen LogP contribution in [0.5, 0.6) is 5.75 Å². The summed E-state index contributed by atoms with van der Waals surface area (Å²) in [6, 6.07) is -0.704. The molecule has 2 aliphatic heterocycles. The minimum atomic E-state index is -1.42. The number of imidazole rings is 1. The summed E-state index contributed by atoms with van der Waals surface area (Å²) in [7, 11) is 0. The number of likely N-dealkylation sites (tertiary alicyclic amines) is 1. The third-order valence-electron chi connectivity index (χ3n) is 9.31. The smallest absolute Gasteiger partial charge is 0.326 e. The topological polar surface area (TPSA) is 272 Å². The molecule has 2 aromatic rings. The number of thioether (sulfide) groups is 1. The van der Waals surface area contributed by atoms with Crippen LogP contribution in [0.2, 0.25) is 0 Å². The molecule has 18 nitrogen and oxygen atoms in total. The minimum Gasteiger partial charge on any atom is -0.508 e. The van der Waals surface area contributed by atoms with Crippen molar-refractivity contribution in [3.8, 4) is 5.75 Å². The van der Waals surface area contributed by atoms with Crippen LogP contribution in [0.25, 0.3) is 0 Å². The van der Waals surface area contributed by atoms with Crippen LogP contribution in [0, 0.1) is 0 Å². The average Bonchev–Trinajstić information content (AvgIpc) is 3.95. The Kier molecular flexibility index (Phi) is 15.7. The number of H-pyrrole nitrogens is 1. The standard InChI is InChI=1S/C35H48N8O10S/c1-54-15-12-24(39-30(47)23-4-2-13-37-23)31(48)41-26(16-20-6-8-22(44)9-7-20)32(49)42-27(17-21-18-36-19-38-21)33(50)40-25(10-11-29(45)46)34(51)43-14-3-5-28(43)35(52)53/h6-9,18-19,23-28,37,44H,2-5,10-17H2,1H3,(H,36,38)(H,39,47)(H,40,50)(H,41,48)(H,42,49)(H,45,46)(H,52,53)/t23-,24-,25-,26-,27-,28-/m0/s1. The fourth-order valence-electron chi connectivity index (χ4n) is 6.41. The maximum absolute atomic E-state index is 14.1. The molecule has 3 heterocycles. The molecule has 4 rings (SSSR count). The first-order valence-corrected chi connectivity index (χ1v) is 19.2. The van der Waals surface area contributed by atoms with Crippen LogP contribution < -0.4 is 26.6 Å². The average molecular weight is 773 g/mol. The van der Waals surface area contributed by atoms with Gasteiger partial charge < -0.3 is 51.8 Å². The fourth-order valence-corrected chi connectivity index (χ4v) is 6.88. The molecule has 5 amide bonds. The Balaban J connectivity index is 1.58. The van der Waals surface area contributed by atoms with Gasteiger partial charge in [-0.1, -0.05) is 12.1 Å². The molecule has 1 aromatic heterocycles. The van der Waals surface area contributed by atoms with Crippen molar-refractivity contribution in [3.05, 3.63) is 48.0 Å². The number of phenolic OH excluding ortho intramolecular Hbond substituents is 1. The van der Waals surface area contributed by atoms with Gasteiger partial charge in [0.1, 0.15) is 36.0 Å². The van der Waals surface area contributed by atoms with Gasteiger partial charge in [-0.15, -0.1) is 0 Å². The van der Waals surface area contributed by atoms with E-state index in [1.807, 2.05) is 6.26 Å². The number of carbonyl (C=O) groups excluding carboxylic acids is 5. The number of nitrogens with one attached hydrogen (secondary N) is 6. The Morgan fingerprint density at radius 2 is 1.54 bits per heavy atom. The molecule has 2 saturated heterocycles. The molecule has 2 aliphatic rings. The van der Waals surface area contributed by atoms with E-state index in [1.165, 1.54) is 36.4 Å². The van der Waals surface area contributed by atoms with Gasteiger partial charge in [0.25, 0.3) is 0 Å². The number of carboxylic acid groups (broad SMARTS) is 2. The van der Waals surface area contributed by atoms with Gasteiger partial charge in [0.15, 0.2) is 0 Å². The molecule has 0 unspecified atom stereocenters. The van der Waals surface area contributed by atoms with Crippen LogP contribution in [0.4, 0.5) is 0 Å². The van der Waals surface area contributed by atoms with Gasteiger partial charge >= 0.3 is 11.9 Å². The van der Waals surface area contributed by atoms with Crippen molar-refractivity contribution >= 4 is 53.2 Å². The fraction of sp³-hybridized carbons (Fsp3) is 0.543. The number of phenols is 1. The summed E-state index contributed by atoms with van der Waals surface area (Å²) in [5.41, 5.74) is 0.910. The van der Waals surface area contributed by atoms with E-state index in [9.17, 15) is 48.9 Å². The van der Waals surface area contributed by atoms with Crippen molar-refractivity contribution in [1.82, 2.24) is 41.5 Å². The van der Waals surface area contributed by atoms with Crippen molar-refractivity contribution in [1.29, 1.82) is 0 Å². The van der Waals surface area contributed by atoms with E-state index in [-0.39, 0.29) is 50.3 Å². The number of benzene rings is 1. The molecular weight excluding hydrogens is 724 g/mol. The lowest BCUT2D eigenvalue weighted by molar-refractivity contribution is -0.150. The van der Waals surface area contributed by atoms with Crippen molar-refractivity contribution in [3.63, 3.8) is 0 Å². The Morgan fingerprint density at radius 1 is 0.870 bits per heavy atom. The third-order valence-corrected chi connectivity index (χ3v) is 9.96. The highest BCUT2D eigenvalue weighted by Crippen LogP contribution is 2.20. The number of rotatable bonds is 20. The zero-order chi connectivity index (χ0) is 39.2. The van der Waals surface area contributed by atoms with E-state index < -0.39 is 78.2 Å². The molecule has 9 N–H and O–H groups in total. The number of amides is 5. The molecule has 0 aliphatic carbocycles. The van der Waals surface area contributed by atoms with Crippen LogP contribution in [0.1, 0.15) is 56.2 Å². The molecule has 1 aromatic carbocycles. The van der Waals surface area contributed by atoms with Gasteiger partial charge in [0.2, 0.25) is 29.5 Å². The Hall–Kier alpha value is -5.17. The highest BCUT2D eigenvalue weighted by atomic mass is 32.2. The first kappa shape index (κ1) is 41.6. The van der Waals surface area contributed by atoms with Gasteiger partial charge in [0.05, 0.1) is 18.1 Å². The predicted octanol–water partition coefficient (Wildman–Crippen LogP) is -0.715. The van der Waals surface area contributed by atoms with Gasteiger partial charge in [-0.05, 0) is 74.8 Å². The first-order chi connectivity index (χ1) is 25.9. The summed E-state index contributed by atoms with van der Waals surface area (Å²) in [4.78, 5) is 99.7. The van der Waals surface area contributed by atoms with Crippen LogP contribution in [-0.2, 0) is 46.4 Å². The number of aromatic hydroxyl groups is 1. The maximum Gasteiger partial charge on any atom is 0.326 e. The highest BCUT2D eigenvalue weighted by Gasteiger charge is 2.39. The van der Waals surface area contributed by atoms with Gasteiger partial charge in [-0.3, -0.25) is 28.8 Å². The number of hydrogen-bond donors (Lipinski definition) is 9. The van der Waals surface area contributed by atoms with E-state index in [0.717, 1.165) is 11.3 Å². The van der Waals surface area contributed by atoms with Gasteiger partial charge in [-0.2, -0.15) is 11.8 Å². The third kappa shape index (κ3) is 12.2. The maximum atomic E-state index is 14.1. The first-order valence-electron chi connectivity index (χ1n) is 17.8. The van der Waals surface area contributed by atoms with Crippen LogP contribution >= 0.6 is 11.8 Å². The Labute approximate surface area is 316 Å². The Bertz CT molecular complexity index is 1620. The van der Waals surface area contributed by atoms with E-state index in [1.54, 1.807) is 12.1 Å². The van der Waals surface area contributed by atoms with E-state index in [4.69, 9.17) is 0 Å². The SMILES string of the molecule is CSCC[C@H](NC(=O)[C@@H]1CCCN1)C(=O)N[C@@H](Cc1ccc(O)cc1)C(=O)N[C@@H](Cc1c[nH]cn1)C(=O)N[C@@H](CCC(=O)O)C(=O)N1CCC[C@H]1C(=O)O. The summed E-state index contributed by atoms with van der Waals surface area (Å²) < 4.78 is 0. The lowest BCUT2D eigenvalue weighted by atomic mass is 10.0. The quantitative estimate of drug-likeness (QED) is 0.0806. The summed E-state index contributed by atoms with van der Waals surface area (Å²) in [6.07, 6.45) is 5.93. The number of aliphatic carboxylic acids is 2. The zero-order valence-electron chi connectivity index (χ0n) is 29.9. The normalized spacial score (nSPS) is 18.9. The summed E-state index contributed by atoms with van der Waals surface area (Å²) in [5.74, 6) is -5.33. The molecule has 0 bridgehead atoms. The van der Waals surface area contributed by atoms with E-state index >= 15 is 0 Å². The number of carboxylic acids is 2. The second kappa shape index (κ2) is 20.3. The van der Waals surface area contributed by atoms with Crippen LogP contribution in [0.15, 0.2) is 36.8 Å². The molecule has 294 valence electrons. The summed E-state index contributed by atoms with van der Waals surface area (Å²) in [6.45, 7) is 0.786. The number of hydrogen-bond acceptors (Lipinski definition) is 11. The molecule has 6 atom stereocenters. The monoisotopic (exact) mass is 772 g/mol. The summed E-state index contributed by atoms with van der Waals surface area (Å²) in [5, 5.41) is 42.7. The molecular formula is C35H48N8O10S. The van der Waals surface area contributed by atoms with E-state index in [0.29, 0.717) is 36.4 Å². The molecule has 0 spiro atoms. The lowest BCUT2D eigenvalue weighted by Gasteiger charge is -2.29. The molecule has 54 heavy (non-hydrogen) atoms. The van der Waals surface area contributed by atoms with Crippen molar-refractivity contribution in [2.75, 3.05) is 25.1 Å². The minimum absolute atomic E-state index is 0.0181. The van der Waals surface area contributed by atoms with Crippen LogP contribution in [0.3, 0.4) is 0 Å². The molecule has 0 radical (unpaired) electrons. The number of nitrogens with zero attached hydrogens (tertiary/aromatic N) is 2. The molecule has 0 saturated carbocycles. The number of aromatic nitrogens is 2. The Morgan fingerprint density at radius 3 is 2.13 bits per heavy atom. The van der Waals surface area contributed by atoms with Crippen molar-refractivity contribution < 1.29 is 48.9 Å². The van der Waals surface area contributed by atoms with Crippen LogP contribution in [-0.4, -0.2) is 133 Å². The second-order valence-corrected chi connectivity index (χ2v) is 14.3. The highest BCUT2D eigenvalue weighted by molar-refractivity contribution is 7.98. The summed E-state index contributed by atoms with van der Waals surface area (Å²) >= 11 is 1.48. The van der Waals surface area contributed by atoms with E-state index in [2.05, 4.69) is 36.6 Å². The predicted molar refractivity (Wildman–Crippen MR) is 195 cm³/mol. The largest absolute Gasteiger partial charge is 0.508 e.